The number of hydrogen-bond acceptors (Lipinski definition) is 5. The standard InChI is InChI=1S/C24H32N6O/c1-29-23(31)20(21(25)30-19-14-8-7-13-18(19)28-24(29)30)22(26-15-16-9-5-6-10-16)27-17-11-3-2-4-12-17/h2-4,11-12,16,18-19,25-27H,5-10,13-15H2,1H3/b22-20-,25-21?/t18-,19+/m1/s1. The van der Waals surface area contributed by atoms with E-state index < -0.39 is 0 Å². The number of fused-ring (bicyclic) bond motifs is 3. The molecule has 1 aromatic heterocycles. The van der Waals surface area contributed by atoms with Crippen molar-refractivity contribution in [1.82, 2.24) is 14.5 Å². The average Bonchev–Trinajstić information content (AvgIpc) is 3.44. The molecule has 0 bridgehead atoms. The topological polar surface area (TPSA) is 87.2 Å². The summed E-state index contributed by atoms with van der Waals surface area (Å²) in [5.41, 5.74) is 1.65. The summed E-state index contributed by atoms with van der Waals surface area (Å²) < 4.78 is 3.64. The maximum Gasteiger partial charge on any atom is 0.267 e. The van der Waals surface area contributed by atoms with Crippen LogP contribution in [0.15, 0.2) is 40.1 Å². The Balaban J connectivity index is 1.66. The Kier molecular flexibility index (Phi) is 5.42. The number of hydrogen-bond donors (Lipinski definition) is 3. The van der Waals surface area contributed by atoms with Gasteiger partial charge < -0.3 is 10.6 Å². The molecule has 2 heterocycles. The van der Waals surface area contributed by atoms with Gasteiger partial charge in [-0.05, 0) is 43.7 Å². The second-order valence-electron chi connectivity index (χ2n) is 9.20. The summed E-state index contributed by atoms with van der Waals surface area (Å²) in [6.45, 7) is 0.815. The van der Waals surface area contributed by atoms with Gasteiger partial charge in [0.1, 0.15) is 16.5 Å². The molecule has 0 spiro atoms. The van der Waals surface area contributed by atoms with Gasteiger partial charge >= 0.3 is 0 Å². The molecule has 2 saturated carbocycles. The molecule has 2 aliphatic carbocycles. The van der Waals surface area contributed by atoms with Gasteiger partial charge in [-0.25, -0.2) is 4.99 Å². The predicted molar refractivity (Wildman–Crippen MR) is 121 cm³/mol. The lowest BCUT2D eigenvalue weighted by Crippen LogP contribution is -2.59. The first-order chi connectivity index (χ1) is 15.1. The summed E-state index contributed by atoms with van der Waals surface area (Å²) in [5, 5.41) is 16.4. The second-order valence-corrected chi connectivity index (χ2v) is 9.20. The van der Waals surface area contributed by atoms with Crippen molar-refractivity contribution >= 4 is 11.5 Å². The van der Waals surface area contributed by atoms with Crippen LogP contribution in [0.2, 0.25) is 0 Å². The van der Waals surface area contributed by atoms with Crippen molar-refractivity contribution in [2.75, 3.05) is 11.9 Å². The highest BCUT2D eigenvalue weighted by atomic mass is 16.1. The van der Waals surface area contributed by atoms with Crippen molar-refractivity contribution in [3.63, 3.8) is 0 Å². The quantitative estimate of drug-likeness (QED) is 0.689. The summed E-state index contributed by atoms with van der Waals surface area (Å²) in [5.74, 6) is 1.25. The van der Waals surface area contributed by atoms with Gasteiger partial charge in [-0.3, -0.25) is 19.3 Å². The van der Waals surface area contributed by atoms with E-state index in [2.05, 4.69) is 10.6 Å². The Hall–Kier alpha value is -2.83. The van der Waals surface area contributed by atoms with E-state index in [0.29, 0.717) is 22.6 Å². The third kappa shape index (κ3) is 3.70. The van der Waals surface area contributed by atoms with Crippen molar-refractivity contribution in [3.8, 4) is 0 Å². The molecule has 7 heteroatoms. The van der Waals surface area contributed by atoms with Crippen LogP contribution in [0.4, 0.5) is 5.69 Å². The molecule has 5 rings (SSSR count). The highest BCUT2D eigenvalue weighted by Crippen LogP contribution is 2.31. The molecule has 7 nitrogen and oxygen atoms in total. The fourth-order valence-electron chi connectivity index (χ4n) is 5.44. The number of nitrogens with one attached hydrogen (secondary N) is 3. The third-order valence-corrected chi connectivity index (χ3v) is 7.15. The molecular weight excluding hydrogens is 388 g/mol. The normalized spacial score (nSPS) is 23.6. The van der Waals surface area contributed by atoms with Crippen molar-refractivity contribution < 1.29 is 0 Å². The van der Waals surface area contributed by atoms with E-state index in [1.54, 1.807) is 11.6 Å². The zero-order valence-corrected chi connectivity index (χ0v) is 18.2. The molecule has 0 radical (unpaired) electrons. The summed E-state index contributed by atoms with van der Waals surface area (Å²) >= 11 is 0. The predicted octanol–water partition coefficient (Wildman–Crippen LogP) is 1.74. The van der Waals surface area contributed by atoms with Gasteiger partial charge in [0.2, 0.25) is 5.62 Å². The van der Waals surface area contributed by atoms with E-state index in [0.717, 1.165) is 31.5 Å². The molecule has 0 unspecified atom stereocenters. The van der Waals surface area contributed by atoms with Crippen LogP contribution in [-0.2, 0) is 7.05 Å². The van der Waals surface area contributed by atoms with E-state index in [1.807, 2.05) is 34.9 Å². The second kappa shape index (κ2) is 8.36. The molecule has 1 aromatic carbocycles. The first kappa shape index (κ1) is 20.1. The average molecular weight is 421 g/mol. The van der Waals surface area contributed by atoms with Crippen LogP contribution in [0.25, 0.3) is 5.82 Å². The highest BCUT2D eigenvalue weighted by Gasteiger charge is 2.33. The number of rotatable bonds is 5. The smallest absolute Gasteiger partial charge is 0.267 e. The van der Waals surface area contributed by atoms with Gasteiger partial charge in [-0.2, -0.15) is 0 Å². The first-order valence-corrected chi connectivity index (χ1v) is 11.7. The molecule has 2 fully saturated rings. The molecule has 31 heavy (non-hydrogen) atoms. The van der Waals surface area contributed by atoms with Gasteiger partial charge in [-0.15, -0.1) is 0 Å². The summed E-state index contributed by atoms with van der Waals surface area (Å²) in [4.78, 5) is 18.3. The fraction of sp³-hybridized carbons (Fsp3) is 0.542. The molecule has 3 N–H and O–H groups in total. The van der Waals surface area contributed by atoms with Crippen LogP contribution in [0.1, 0.15) is 57.4 Å². The van der Waals surface area contributed by atoms with E-state index in [-0.39, 0.29) is 23.1 Å². The molecule has 1 aliphatic heterocycles. The third-order valence-electron chi connectivity index (χ3n) is 7.15. The number of nitrogens with zero attached hydrogens (tertiary/aromatic N) is 3. The van der Waals surface area contributed by atoms with Gasteiger partial charge in [-0.1, -0.05) is 43.9 Å². The van der Waals surface area contributed by atoms with Crippen molar-refractivity contribution in [2.24, 2.45) is 18.0 Å². The summed E-state index contributed by atoms with van der Waals surface area (Å²) in [7, 11) is 1.79. The number of benzene rings is 1. The zero-order chi connectivity index (χ0) is 21.4. The van der Waals surface area contributed by atoms with Crippen LogP contribution in [-0.4, -0.2) is 21.7 Å². The summed E-state index contributed by atoms with van der Waals surface area (Å²) in [6.07, 6.45) is 9.37. The van der Waals surface area contributed by atoms with Crippen LogP contribution in [0.5, 0.6) is 0 Å². The minimum absolute atomic E-state index is 0.170. The molecule has 2 aromatic rings. The number of anilines is 1. The maximum absolute atomic E-state index is 13.5. The monoisotopic (exact) mass is 420 g/mol. The lowest BCUT2D eigenvalue weighted by atomic mass is 9.91. The van der Waals surface area contributed by atoms with Crippen LogP contribution in [0, 0.1) is 11.3 Å². The Labute approximate surface area is 182 Å². The first-order valence-electron chi connectivity index (χ1n) is 11.7. The Bertz CT molecular complexity index is 1190. The molecular formula is C24H32N6O. The Morgan fingerprint density at radius 3 is 2.58 bits per heavy atom. The lowest BCUT2D eigenvalue weighted by Gasteiger charge is -2.25. The lowest BCUT2D eigenvalue weighted by molar-refractivity contribution is 0.321. The van der Waals surface area contributed by atoms with Crippen LogP contribution >= 0.6 is 0 Å². The zero-order valence-electron chi connectivity index (χ0n) is 18.2. The maximum atomic E-state index is 13.5. The van der Waals surface area contributed by atoms with Gasteiger partial charge in [0.15, 0.2) is 0 Å². The fourth-order valence-corrected chi connectivity index (χ4v) is 5.44. The molecule has 2 atom stereocenters. The van der Waals surface area contributed by atoms with E-state index >= 15 is 0 Å². The Morgan fingerprint density at radius 1 is 1.10 bits per heavy atom. The van der Waals surface area contributed by atoms with E-state index in [1.165, 1.54) is 32.1 Å². The van der Waals surface area contributed by atoms with Gasteiger partial charge in [0.25, 0.3) is 5.56 Å². The van der Waals surface area contributed by atoms with E-state index in [4.69, 9.17) is 10.4 Å². The van der Waals surface area contributed by atoms with Crippen LogP contribution in [0.3, 0.4) is 0 Å². The van der Waals surface area contributed by atoms with E-state index in [9.17, 15) is 4.79 Å². The highest BCUT2D eigenvalue weighted by molar-refractivity contribution is 5.62. The number of para-hydroxylation sites is 1. The number of aromatic nitrogens is 2. The molecule has 0 saturated heterocycles. The summed E-state index contributed by atoms with van der Waals surface area (Å²) in [6, 6.07) is 10.3. The van der Waals surface area contributed by atoms with Crippen LogP contribution < -0.4 is 32.5 Å². The van der Waals surface area contributed by atoms with Crippen molar-refractivity contribution in [3.05, 3.63) is 57.0 Å². The van der Waals surface area contributed by atoms with Gasteiger partial charge in [0.05, 0.1) is 12.1 Å². The molecule has 3 aliphatic rings. The minimum Gasteiger partial charge on any atom is -0.371 e. The largest absolute Gasteiger partial charge is 0.371 e. The SMILES string of the molecule is Cn1c(=O)/c(=C(/NCC2CCCC2)Nc2ccccc2)c(=N)n2c1=N[C@@H]1CCCC[C@@H]12. The van der Waals surface area contributed by atoms with Crippen molar-refractivity contribution in [1.29, 1.82) is 5.41 Å². The minimum atomic E-state index is -0.170. The molecule has 164 valence electrons. The van der Waals surface area contributed by atoms with Crippen molar-refractivity contribution in [2.45, 2.75) is 63.5 Å². The molecule has 0 amide bonds. The Morgan fingerprint density at radius 2 is 1.81 bits per heavy atom. The van der Waals surface area contributed by atoms with Gasteiger partial charge in [0, 0.05) is 19.3 Å².